The molecule has 0 saturated heterocycles. The maximum Gasteiger partial charge on any atom is 0.234 e. The summed E-state index contributed by atoms with van der Waals surface area (Å²) in [5, 5.41) is 0.788. The van der Waals surface area contributed by atoms with Gasteiger partial charge in [-0.2, -0.15) is 0 Å². The molecule has 3 rings (SSSR count). The molecule has 28 heavy (non-hydrogen) atoms. The van der Waals surface area contributed by atoms with Crippen molar-refractivity contribution in [2.24, 2.45) is 0 Å². The average Bonchev–Trinajstić information content (AvgIpc) is 3.30. The number of aryl methyl sites for hydroxylation is 1. The number of likely N-dealkylation sites (N-methyl/N-ethyl adjacent to an activating group) is 1. The fraction of sp³-hybridized carbons (Fsp3) is 0.429. The molecule has 0 atom stereocenters. The SMILES string of the molecule is CCc1cccc2sc(N(CCN(CC)CC)C(=O)Cc3ccc(Cl)s3)nc12. The first-order chi connectivity index (χ1) is 13.5. The Kier molecular flexibility index (Phi) is 7.46. The molecule has 0 aliphatic carbocycles. The molecule has 0 aliphatic heterocycles. The molecule has 0 spiro atoms. The van der Waals surface area contributed by atoms with Crippen molar-refractivity contribution in [3.8, 4) is 0 Å². The van der Waals surface area contributed by atoms with Crippen molar-refractivity contribution < 1.29 is 4.79 Å². The molecule has 3 aromatic rings. The quantitative estimate of drug-likeness (QED) is 0.445. The molecule has 150 valence electrons. The summed E-state index contributed by atoms with van der Waals surface area (Å²) in [6, 6.07) is 10.0. The second-order valence-electron chi connectivity index (χ2n) is 6.57. The smallest absolute Gasteiger partial charge is 0.234 e. The summed E-state index contributed by atoms with van der Waals surface area (Å²) in [5.74, 6) is 0.0720. The Bertz CT molecular complexity index is 933. The third-order valence-electron chi connectivity index (χ3n) is 4.89. The third-order valence-corrected chi connectivity index (χ3v) is 7.17. The lowest BCUT2D eigenvalue weighted by Gasteiger charge is -2.24. The molecule has 0 N–H and O–H groups in total. The third kappa shape index (κ3) is 4.92. The number of carbonyl (C=O) groups excluding carboxylic acids is 1. The van der Waals surface area contributed by atoms with Gasteiger partial charge in [0.15, 0.2) is 5.13 Å². The molecule has 0 bridgehead atoms. The van der Waals surface area contributed by atoms with Gasteiger partial charge in [-0.05, 0) is 43.3 Å². The number of amides is 1. The number of rotatable bonds is 9. The van der Waals surface area contributed by atoms with E-state index in [1.54, 1.807) is 11.3 Å². The van der Waals surface area contributed by atoms with Crippen molar-refractivity contribution >= 4 is 55.5 Å². The molecular weight excluding hydrogens is 410 g/mol. The van der Waals surface area contributed by atoms with Crippen molar-refractivity contribution in [2.45, 2.75) is 33.6 Å². The fourth-order valence-corrected chi connectivity index (χ4v) is 5.33. The van der Waals surface area contributed by atoms with Crippen LogP contribution in [-0.4, -0.2) is 42.0 Å². The lowest BCUT2D eigenvalue weighted by Crippen LogP contribution is -2.39. The lowest BCUT2D eigenvalue weighted by molar-refractivity contribution is -0.118. The lowest BCUT2D eigenvalue weighted by atomic mass is 10.1. The Balaban J connectivity index is 1.89. The van der Waals surface area contributed by atoms with Crippen molar-refractivity contribution in [2.75, 3.05) is 31.1 Å². The van der Waals surface area contributed by atoms with Gasteiger partial charge >= 0.3 is 0 Å². The van der Waals surface area contributed by atoms with E-state index in [9.17, 15) is 4.79 Å². The Morgan fingerprint density at radius 2 is 1.86 bits per heavy atom. The molecule has 0 saturated carbocycles. The van der Waals surface area contributed by atoms with E-state index >= 15 is 0 Å². The number of thiophene rings is 1. The first kappa shape index (κ1) is 21.2. The minimum Gasteiger partial charge on any atom is -0.302 e. The second kappa shape index (κ2) is 9.83. The van der Waals surface area contributed by atoms with Gasteiger partial charge in [0.2, 0.25) is 5.91 Å². The monoisotopic (exact) mass is 435 g/mol. The Labute approximate surface area is 179 Å². The predicted molar refractivity (Wildman–Crippen MR) is 122 cm³/mol. The topological polar surface area (TPSA) is 36.4 Å². The molecule has 0 radical (unpaired) electrons. The molecule has 0 unspecified atom stereocenters. The summed E-state index contributed by atoms with van der Waals surface area (Å²) in [6.07, 6.45) is 1.29. The van der Waals surface area contributed by atoms with Gasteiger partial charge in [-0.1, -0.05) is 55.8 Å². The van der Waals surface area contributed by atoms with Crippen molar-refractivity contribution in [3.63, 3.8) is 0 Å². The molecule has 0 aliphatic rings. The number of nitrogens with zero attached hydrogens (tertiary/aromatic N) is 3. The molecule has 1 aromatic carbocycles. The fourth-order valence-electron chi connectivity index (χ4n) is 3.19. The van der Waals surface area contributed by atoms with E-state index < -0.39 is 0 Å². The van der Waals surface area contributed by atoms with Crippen molar-refractivity contribution in [1.82, 2.24) is 9.88 Å². The van der Waals surface area contributed by atoms with Gasteiger partial charge in [0.25, 0.3) is 0 Å². The molecule has 2 heterocycles. The summed E-state index contributed by atoms with van der Waals surface area (Å²) in [6.45, 7) is 9.85. The van der Waals surface area contributed by atoms with Crippen LogP contribution in [-0.2, 0) is 17.6 Å². The largest absolute Gasteiger partial charge is 0.302 e. The van der Waals surface area contributed by atoms with Crippen LogP contribution in [0.25, 0.3) is 10.2 Å². The number of aromatic nitrogens is 1. The summed E-state index contributed by atoms with van der Waals surface area (Å²) in [5.41, 5.74) is 2.24. The van der Waals surface area contributed by atoms with E-state index in [0.717, 1.165) is 46.3 Å². The van der Waals surface area contributed by atoms with E-state index in [1.165, 1.54) is 16.9 Å². The highest BCUT2D eigenvalue weighted by Crippen LogP contribution is 2.32. The number of carbonyl (C=O) groups is 1. The van der Waals surface area contributed by atoms with Gasteiger partial charge < -0.3 is 4.90 Å². The summed E-state index contributed by atoms with van der Waals surface area (Å²) in [4.78, 5) is 23.2. The summed E-state index contributed by atoms with van der Waals surface area (Å²) >= 11 is 9.11. The Morgan fingerprint density at radius 3 is 2.50 bits per heavy atom. The minimum atomic E-state index is 0.0720. The van der Waals surface area contributed by atoms with Crippen LogP contribution in [0.15, 0.2) is 30.3 Å². The number of halogens is 1. The molecule has 7 heteroatoms. The van der Waals surface area contributed by atoms with Gasteiger partial charge in [-0.15, -0.1) is 11.3 Å². The van der Waals surface area contributed by atoms with E-state index in [-0.39, 0.29) is 5.91 Å². The molecule has 4 nitrogen and oxygen atoms in total. The highest BCUT2D eigenvalue weighted by molar-refractivity contribution is 7.22. The standard InChI is InChI=1S/C21H26ClN3OS2/c1-4-15-8-7-9-17-20(15)23-21(28-17)25(13-12-24(5-2)6-3)19(26)14-16-10-11-18(22)27-16/h7-11H,4-6,12-14H2,1-3H3. The second-order valence-corrected chi connectivity index (χ2v) is 9.38. The van der Waals surface area contributed by atoms with Crippen molar-refractivity contribution in [1.29, 1.82) is 0 Å². The number of anilines is 1. The Hall–Kier alpha value is -1.47. The Morgan fingerprint density at radius 1 is 1.07 bits per heavy atom. The van der Waals surface area contributed by atoms with Crippen molar-refractivity contribution in [3.05, 3.63) is 45.1 Å². The van der Waals surface area contributed by atoms with Crippen LogP contribution in [0.5, 0.6) is 0 Å². The van der Waals surface area contributed by atoms with Crippen LogP contribution in [0.3, 0.4) is 0 Å². The zero-order chi connectivity index (χ0) is 20.1. The van der Waals surface area contributed by atoms with Gasteiger partial charge in [-0.25, -0.2) is 4.98 Å². The summed E-state index contributed by atoms with van der Waals surface area (Å²) < 4.78 is 1.85. The maximum absolute atomic E-state index is 13.2. The predicted octanol–water partition coefficient (Wildman–Crippen LogP) is 5.49. The van der Waals surface area contributed by atoms with Gasteiger partial charge in [0.1, 0.15) is 0 Å². The van der Waals surface area contributed by atoms with Crippen LogP contribution in [0.1, 0.15) is 31.2 Å². The van der Waals surface area contributed by atoms with Crippen LogP contribution in [0, 0.1) is 0 Å². The maximum atomic E-state index is 13.2. The zero-order valence-corrected chi connectivity index (χ0v) is 19.0. The van der Waals surface area contributed by atoms with Crippen LogP contribution in [0.2, 0.25) is 4.34 Å². The first-order valence-corrected chi connectivity index (χ1v) is 11.7. The molecule has 2 aromatic heterocycles. The summed E-state index contributed by atoms with van der Waals surface area (Å²) in [7, 11) is 0. The average molecular weight is 436 g/mol. The van der Waals surface area contributed by atoms with E-state index in [4.69, 9.17) is 16.6 Å². The normalized spacial score (nSPS) is 11.5. The number of hydrogen-bond donors (Lipinski definition) is 0. The van der Waals surface area contributed by atoms with Gasteiger partial charge in [-0.3, -0.25) is 9.69 Å². The zero-order valence-electron chi connectivity index (χ0n) is 16.6. The molecule has 0 fully saturated rings. The van der Waals surface area contributed by atoms with Gasteiger partial charge in [0, 0.05) is 18.0 Å². The highest BCUT2D eigenvalue weighted by atomic mass is 35.5. The number of fused-ring (bicyclic) bond motifs is 1. The van der Waals surface area contributed by atoms with E-state index in [1.807, 2.05) is 17.0 Å². The van der Waals surface area contributed by atoms with E-state index in [2.05, 4.69) is 43.9 Å². The molecular formula is C21H26ClN3OS2. The van der Waals surface area contributed by atoms with Gasteiger partial charge in [0.05, 0.1) is 21.0 Å². The number of para-hydroxylation sites is 1. The first-order valence-electron chi connectivity index (χ1n) is 9.71. The van der Waals surface area contributed by atoms with Crippen LogP contribution < -0.4 is 4.90 Å². The minimum absolute atomic E-state index is 0.0720. The van der Waals surface area contributed by atoms with Crippen LogP contribution in [0.4, 0.5) is 5.13 Å². The van der Waals surface area contributed by atoms with E-state index in [0.29, 0.717) is 17.3 Å². The molecule has 1 amide bonds. The number of hydrogen-bond acceptors (Lipinski definition) is 5. The highest BCUT2D eigenvalue weighted by Gasteiger charge is 2.22. The number of benzene rings is 1. The van der Waals surface area contributed by atoms with Crippen LogP contribution >= 0.6 is 34.3 Å². The number of thiazole rings is 1.